The van der Waals surface area contributed by atoms with E-state index in [0.29, 0.717) is 12.8 Å². The van der Waals surface area contributed by atoms with Crippen molar-refractivity contribution in [1.29, 1.82) is 0 Å². The van der Waals surface area contributed by atoms with Crippen molar-refractivity contribution >= 4 is 17.8 Å². The molecule has 1 heterocycles. The van der Waals surface area contributed by atoms with E-state index < -0.39 is 23.4 Å². The lowest BCUT2D eigenvalue weighted by Crippen LogP contribution is -2.51. The number of hydrogen-bond donors (Lipinski definition) is 2. The number of likely N-dealkylation sites (N-methyl/N-ethyl adjacent to an activating group) is 1. The number of urea groups is 1. The van der Waals surface area contributed by atoms with E-state index in [1.165, 1.54) is 0 Å². The summed E-state index contributed by atoms with van der Waals surface area (Å²) in [6.07, 6.45) is 1.06. The Bertz CT molecular complexity index is 1130. The molecule has 1 unspecified atom stereocenters. The van der Waals surface area contributed by atoms with E-state index in [-0.39, 0.29) is 12.6 Å². The minimum atomic E-state index is -1.08. The van der Waals surface area contributed by atoms with E-state index in [2.05, 4.69) is 10.7 Å². The molecule has 1 aliphatic heterocycles. The molecule has 7 heteroatoms. The average molecular weight is 471 g/mol. The van der Waals surface area contributed by atoms with Crippen LogP contribution in [0.5, 0.6) is 0 Å². The van der Waals surface area contributed by atoms with Gasteiger partial charge in [0.25, 0.3) is 11.8 Å². The van der Waals surface area contributed by atoms with Crippen LogP contribution in [0.4, 0.5) is 4.79 Å². The maximum absolute atomic E-state index is 13.1. The smallest absolute Gasteiger partial charge is 0.322 e. The Kier molecular flexibility index (Phi) is 7.27. The Morgan fingerprint density at radius 2 is 1.43 bits per heavy atom. The quantitative estimate of drug-likeness (QED) is 0.468. The number of nitrogens with zero attached hydrogens (tertiary/aromatic N) is 2. The number of benzene rings is 3. The molecule has 2 N–H and O–H groups in total. The molecule has 3 aromatic rings. The number of rotatable bonds is 9. The first kappa shape index (κ1) is 24.2. The fraction of sp³-hybridized carbons (Fsp3) is 0.250. The van der Waals surface area contributed by atoms with Crippen molar-refractivity contribution in [3.63, 3.8) is 0 Å². The molecule has 0 spiro atoms. The van der Waals surface area contributed by atoms with Gasteiger partial charge in [-0.1, -0.05) is 91.0 Å². The van der Waals surface area contributed by atoms with Gasteiger partial charge in [0.15, 0.2) is 0 Å². The molecular weight excluding hydrogens is 440 g/mol. The molecule has 1 atom stereocenters. The van der Waals surface area contributed by atoms with Gasteiger partial charge in [0.05, 0.1) is 12.6 Å². The van der Waals surface area contributed by atoms with E-state index in [1.54, 1.807) is 6.92 Å². The van der Waals surface area contributed by atoms with Crippen LogP contribution in [0.3, 0.4) is 0 Å². The number of hydrogen-bond acceptors (Lipinski definition) is 4. The Morgan fingerprint density at radius 3 is 1.97 bits per heavy atom. The van der Waals surface area contributed by atoms with Crippen LogP contribution < -0.4 is 10.7 Å². The van der Waals surface area contributed by atoms with Gasteiger partial charge in [0.2, 0.25) is 0 Å². The van der Waals surface area contributed by atoms with Crippen LogP contribution >= 0.6 is 0 Å². The third-order valence-electron chi connectivity index (χ3n) is 6.32. The highest BCUT2D eigenvalue weighted by atomic mass is 16.2. The van der Waals surface area contributed by atoms with Crippen molar-refractivity contribution in [2.75, 3.05) is 13.6 Å². The van der Waals surface area contributed by atoms with E-state index >= 15 is 0 Å². The van der Waals surface area contributed by atoms with Crippen molar-refractivity contribution in [2.24, 2.45) is 0 Å². The second kappa shape index (κ2) is 10.5. The maximum Gasteiger partial charge on any atom is 0.344 e. The van der Waals surface area contributed by atoms with Gasteiger partial charge in [0.1, 0.15) is 5.54 Å². The standard InChI is InChI=1S/C28H30N4O3/c1-28(19-18-21-12-6-3-7-13-21)26(34)32(27(35)29-28)30-24(33)20-31(2)25(22-14-8-4-9-15-22)23-16-10-5-11-17-23/h3-17,25H,18-20H2,1-2H3,(H,29,35)(H,30,33). The van der Waals surface area contributed by atoms with Crippen LogP contribution in [-0.2, 0) is 16.0 Å². The molecule has 0 bridgehead atoms. The summed E-state index contributed by atoms with van der Waals surface area (Å²) in [4.78, 5) is 40.5. The number of aryl methyl sites for hydroxylation is 1. The summed E-state index contributed by atoms with van der Waals surface area (Å²) in [5, 5.41) is 3.55. The molecule has 35 heavy (non-hydrogen) atoms. The van der Waals surface area contributed by atoms with Gasteiger partial charge in [-0.05, 0) is 43.5 Å². The minimum Gasteiger partial charge on any atom is -0.322 e. The fourth-order valence-corrected chi connectivity index (χ4v) is 4.44. The first-order valence-corrected chi connectivity index (χ1v) is 11.7. The van der Waals surface area contributed by atoms with Gasteiger partial charge in [-0.2, -0.15) is 5.01 Å². The van der Waals surface area contributed by atoms with Crippen molar-refractivity contribution in [2.45, 2.75) is 31.3 Å². The van der Waals surface area contributed by atoms with Crippen molar-refractivity contribution in [3.05, 3.63) is 108 Å². The van der Waals surface area contributed by atoms with E-state index in [0.717, 1.165) is 21.7 Å². The third kappa shape index (κ3) is 5.58. The number of nitrogens with one attached hydrogen (secondary N) is 2. The zero-order chi connectivity index (χ0) is 24.8. The average Bonchev–Trinajstić information content (AvgIpc) is 3.08. The van der Waals surface area contributed by atoms with Crippen LogP contribution in [0.15, 0.2) is 91.0 Å². The molecule has 0 radical (unpaired) electrons. The zero-order valence-electron chi connectivity index (χ0n) is 20.0. The molecule has 4 rings (SSSR count). The molecule has 180 valence electrons. The van der Waals surface area contributed by atoms with E-state index in [1.807, 2.05) is 103 Å². The number of hydrazine groups is 1. The minimum absolute atomic E-state index is 0.00769. The Labute approximate surface area is 205 Å². The predicted molar refractivity (Wildman–Crippen MR) is 134 cm³/mol. The third-order valence-corrected chi connectivity index (χ3v) is 6.32. The molecular formula is C28H30N4O3. The molecule has 1 fully saturated rings. The summed E-state index contributed by atoms with van der Waals surface area (Å²) in [7, 11) is 1.85. The number of amides is 4. The lowest BCUT2D eigenvalue weighted by molar-refractivity contribution is -0.139. The fourth-order valence-electron chi connectivity index (χ4n) is 4.44. The van der Waals surface area contributed by atoms with Crippen LogP contribution in [0.25, 0.3) is 0 Å². The van der Waals surface area contributed by atoms with E-state index in [9.17, 15) is 14.4 Å². The summed E-state index contributed by atoms with van der Waals surface area (Å²) in [5.41, 5.74) is 4.59. The monoisotopic (exact) mass is 470 g/mol. The normalized spacial score (nSPS) is 17.7. The highest BCUT2D eigenvalue weighted by Gasteiger charge is 2.48. The lowest BCUT2D eigenvalue weighted by atomic mass is 9.93. The molecule has 7 nitrogen and oxygen atoms in total. The van der Waals surface area contributed by atoms with Crippen LogP contribution in [0.2, 0.25) is 0 Å². The maximum atomic E-state index is 13.1. The van der Waals surface area contributed by atoms with Gasteiger partial charge < -0.3 is 5.32 Å². The molecule has 0 aromatic heterocycles. The van der Waals surface area contributed by atoms with E-state index in [4.69, 9.17) is 0 Å². The highest BCUT2D eigenvalue weighted by Crippen LogP contribution is 2.27. The molecule has 4 amide bonds. The summed E-state index contributed by atoms with van der Waals surface area (Å²) >= 11 is 0. The number of carbonyl (C=O) groups excluding carboxylic acids is 3. The largest absolute Gasteiger partial charge is 0.344 e. The molecule has 1 saturated heterocycles. The summed E-state index contributed by atoms with van der Waals surface area (Å²) in [5.74, 6) is -0.905. The summed E-state index contributed by atoms with van der Waals surface area (Å²) in [6, 6.07) is 28.8. The van der Waals surface area contributed by atoms with Crippen LogP contribution in [0, 0.1) is 0 Å². The topological polar surface area (TPSA) is 81.8 Å². The second-order valence-electron chi connectivity index (χ2n) is 9.06. The summed E-state index contributed by atoms with van der Waals surface area (Å²) < 4.78 is 0. The lowest BCUT2D eigenvalue weighted by Gasteiger charge is -2.29. The highest BCUT2D eigenvalue weighted by molar-refractivity contribution is 6.07. The first-order valence-electron chi connectivity index (χ1n) is 11.7. The Hall–Kier alpha value is -3.97. The number of imide groups is 1. The SMILES string of the molecule is CN(CC(=O)NN1C(=O)NC(C)(CCc2ccccc2)C1=O)C(c1ccccc1)c1ccccc1. The van der Waals surface area contributed by atoms with Crippen molar-refractivity contribution < 1.29 is 14.4 Å². The second-order valence-corrected chi connectivity index (χ2v) is 9.06. The van der Waals surface area contributed by atoms with Crippen LogP contribution in [-0.4, -0.2) is 46.9 Å². The first-order chi connectivity index (χ1) is 16.9. The predicted octanol–water partition coefficient (Wildman–Crippen LogP) is 3.68. The van der Waals surface area contributed by atoms with Gasteiger partial charge in [0, 0.05) is 0 Å². The van der Waals surface area contributed by atoms with Gasteiger partial charge >= 0.3 is 6.03 Å². The summed E-state index contributed by atoms with van der Waals surface area (Å²) in [6.45, 7) is 1.68. The van der Waals surface area contributed by atoms with Gasteiger partial charge in [-0.3, -0.25) is 19.9 Å². The molecule has 0 saturated carbocycles. The molecule has 3 aromatic carbocycles. The van der Waals surface area contributed by atoms with Crippen molar-refractivity contribution in [1.82, 2.24) is 20.7 Å². The van der Waals surface area contributed by atoms with Crippen LogP contribution in [0.1, 0.15) is 36.1 Å². The van der Waals surface area contributed by atoms with Crippen molar-refractivity contribution in [3.8, 4) is 0 Å². The zero-order valence-corrected chi connectivity index (χ0v) is 20.0. The number of carbonyl (C=O) groups is 3. The Balaban J connectivity index is 1.42. The Morgan fingerprint density at radius 1 is 0.914 bits per heavy atom. The molecule has 1 aliphatic rings. The molecule has 0 aliphatic carbocycles. The van der Waals surface area contributed by atoms with Gasteiger partial charge in [-0.15, -0.1) is 0 Å². The van der Waals surface area contributed by atoms with Gasteiger partial charge in [-0.25, -0.2) is 4.79 Å².